The Balaban J connectivity index is 2.44. The number of methoxy groups -OCH3 is 2. The highest BCUT2D eigenvalue weighted by molar-refractivity contribution is 7.18. The summed E-state index contributed by atoms with van der Waals surface area (Å²) < 4.78 is 10.5. The van der Waals surface area contributed by atoms with Crippen LogP contribution in [-0.2, 0) is 0 Å². The third-order valence-corrected chi connectivity index (χ3v) is 4.06. The molecule has 6 heteroatoms. The van der Waals surface area contributed by atoms with Crippen molar-refractivity contribution in [3.8, 4) is 21.9 Å². The zero-order valence-electron chi connectivity index (χ0n) is 11.5. The van der Waals surface area contributed by atoms with E-state index in [0.717, 1.165) is 10.4 Å². The van der Waals surface area contributed by atoms with Gasteiger partial charge in [-0.2, -0.15) is 0 Å². The van der Waals surface area contributed by atoms with Gasteiger partial charge in [0.05, 0.1) is 19.9 Å². The molecule has 0 atom stereocenters. The summed E-state index contributed by atoms with van der Waals surface area (Å²) in [6.07, 6.45) is 0. The molecule has 0 fully saturated rings. The number of nitrogens with one attached hydrogen (secondary N) is 1. The van der Waals surface area contributed by atoms with Crippen molar-refractivity contribution < 1.29 is 14.3 Å². The number of hydrogen-bond donors (Lipinski definition) is 2. The van der Waals surface area contributed by atoms with Gasteiger partial charge in [0.1, 0.15) is 4.88 Å². The second-order valence-corrected chi connectivity index (χ2v) is 5.10. The van der Waals surface area contributed by atoms with Crippen LogP contribution in [0.4, 0.5) is 5.69 Å². The van der Waals surface area contributed by atoms with Crippen LogP contribution in [0.2, 0.25) is 0 Å². The summed E-state index contributed by atoms with van der Waals surface area (Å²) in [6.45, 7) is 0. The van der Waals surface area contributed by atoms with Crippen molar-refractivity contribution in [1.29, 1.82) is 0 Å². The first kappa shape index (κ1) is 14.2. The summed E-state index contributed by atoms with van der Waals surface area (Å²) in [4.78, 5) is 13.1. The Morgan fingerprint density at radius 1 is 1.20 bits per heavy atom. The quantitative estimate of drug-likeness (QED) is 0.907. The Bertz CT molecular complexity index is 637. The molecule has 0 saturated heterocycles. The van der Waals surface area contributed by atoms with Gasteiger partial charge in [0.25, 0.3) is 5.91 Å². The maximum atomic E-state index is 11.7. The molecule has 0 aliphatic carbocycles. The maximum absolute atomic E-state index is 11.7. The van der Waals surface area contributed by atoms with Crippen LogP contribution in [0.15, 0.2) is 24.3 Å². The molecule has 1 aromatic carbocycles. The minimum absolute atomic E-state index is 0.181. The zero-order chi connectivity index (χ0) is 14.7. The highest BCUT2D eigenvalue weighted by atomic mass is 32.1. The lowest BCUT2D eigenvalue weighted by atomic mass is 10.1. The van der Waals surface area contributed by atoms with Crippen molar-refractivity contribution in [3.63, 3.8) is 0 Å². The number of ether oxygens (including phenoxy) is 2. The van der Waals surface area contributed by atoms with Gasteiger partial charge in [-0.05, 0) is 29.8 Å². The molecule has 3 N–H and O–H groups in total. The number of amides is 1. The van der Waals surface area contributed by atoms with Crippen molar-refractivity contribution in [2.45, 2.75) is 0 Å². The van der Waals surface area contributed by atoms with Gasteiger partial charge in [0, 0.05) is 11.9 Å². The van der Waals surface area contributed by atoms with Crippen LogP contribution in [0, 0.1) is 0 Å². The van der Waals surface area contributed by atoms with Crippen LogP contribution in [0.5, 0.6) is 11.5 Å². The van der Waals surface area contributed by atoms with E-state index in [4.69, 9.17) is 15.2 Å². The number of carbonyl (C=O) groups is 1. The Labute approximate surface area is 121 Å². The van der Waals surface area contributed by atoms with Crippen LogP contribution >= 0.6 is 11.3 Å². The molecule has 0 unspecified atom stereocenters. The molecule has 0 spiro atoms. The van der Waals surface area contributed by atoms with E-state index in [1.165, 1.54) is 11.3 Å². The third-order valence-electron chi connectivity index (χ3n) is 2.86. The predicted octanol–water partition coefficient (Wildman–Crippen LogP) is 2.37. The van der Waals surface area contributed by atoms with Gasteiger partial charge in [0.2, 0.25) is 0 Å². The van der Waals surface area contributed by atoms with Crippen LogP contribution < -0.4 is 20.5 Å². The van der Waals surface area contributed by atoms with E-state index >= 15 is 0 Å². The number of hydrogen-bond acceptors (Lipinski definition) is 5. The maximum Gasteiger partial charge on any atom is 0.263 e. The first-order valence-electron chi connectivity index (χ1n) is 5.94. The van der Waals surface area contributed by atoms with E-state index < -0.39 is 0 Å². The molecule has 0 aliphatic heterocycles. The molecule has 1 heterocycles. The normalized spacial score (nSPS) is 10.2. The van der Waals surface area contributed by atoms with Crippen molar-refractivity contribution in [2.24, 2.45) is 0 Å². The molecule has 2 aromatic rings. The lowest BCUT2D eigenvalue weighted by Crippen LogP contribution is -2.17. The van der Waals surface area contributed by atoms with E-state index in [9.17, 15) is 4.79 Å². The molecule has 0 aliphatic rings. The predicted molar refractivity (Wildman–Crippen MR) is 80.7 cm³/mol. The summed E-state index contributed by atoms with van der Waals surface area (Å²) in [5, 5.41) is 2.57. The highest BCUT2D eigenvalue weighted by Gasteiger charge is 2.15. The van der Waals surface area contributed by atoms with E-state index in [1.807, 2.05) is 18.2 Å². The average Bonchev–Trinajstić information content (AvgIpc) is 2.87. The number of anilines is 1. The SMILES string of the molecule is CNC(=O)c1sc(-c2ccc(OC)c(OC)c2)cc1N. The second-order valence-electron chi connectivity index (χ2n) is 4.04. The molecule has 1 aromatic heterocycles. The summed E-state index contributed by atoms with van der Waals surface area (Å²) in [6, 6.07) is 7.37. The molecule has 0 saturated carbocycles. The fourth-order valence-electron chi connectivity index (χ4n) is 1.83. The Hall–Kier alpha value is -2.21. The highest BCUT2D eigenvalue weighted by Crippen LogP contribution is 2.37. The number of nitrogen functional groups attached to an aromatic ring is 1. The van der Waals surface area contributed by atoms with Crippen molar-refractivity contribution >= 4 is 22.9 Å². The largest absolute Gasteiger partial charge is 0.493 e. The van der Waals surface area contributed by atoms with Crippen LogP contribution in [0.3, 0.4) is 0 Å². The van der Waals surface area contributed by atoms with E-state index in [1.54, 1.807) is 27.3 Å². The Kier molecular flexibility index (Phi) is 4.14. The van der Waals surface area contributed by atoms with Gasteiger partial charge >= 0.3 is 0 Å². The van der Waals surface area contributed by atoms with Gasteiger partial charge < -0.3 is 20.5 Å². The fourth-order valence-corrected chi connectivity index (χ4v) is 2.85. The Morgan fingerprint density at radius 3 is 2.50 bits per heavy atom. The molecular weight excluding hydrogens is 276 g/mol. The third kappa shape index (κ3) is 2.55. The van der Waals surface area contributed by atoms with Gasteiger partial charge in [-0.3, -0.25) is 4.79 Å². The summed E-state index contributed by atoms with van der Waals surface area (Å²) in [5.74, 6) is 1.12. The summed E-state index contributed by atoms with van der Waals surface area (Å²) >= 11 is 1.34. The smallest absolute Gasteiger partial charge is 0.263 e. The lowest BCUT2D eigenvalue weighted by molar-refractivity contribution is 0.0968. The average molecular weight is 292 g/mol. The molecule has 0 radical (unpaired) electrons. The number of carbonyl (C=O) groups excluding carboxylic acids is 1. The van der Waals surface area contributed by atoms with E-state index in [-0.39, 0.29) is 5.91 Å². The zero-order valence-corrected chi connectivity index (χ0v) is 12.3. The molecule has 2 rings (SSSR count). The van der Waals surface area contributed by atoms with E-state index in [0.29, 0.717) is 22.1 Å². The first-order valence-corrected chi connectivity index (χ1v) is 6.76. The van der Waals surface area contributed by atoms with Crippen LogP contribution in [0.1, 0.15) is 9.67 Å². The molecule has 20 heavy (non-hydrogen) atoms. The number of nitrogens with two attached hydrogens (primary N) is 1. The molecule has 106 valence electrons. The molecular formula is C14H16N2O3S. The number of benzene rings is 1. The van der Waals surface area contributed by atoms with Crippen molar-refractivity contribution in [1.82, 2.24) is 5.32 Å². The number of thiophene rings is 1. The lowest BCUT2D eigenvalue weighted by Gasteiger charge is -2.08. The minimum atomic E-state index is -0.181. The molecule has 1 amide bonds. The summed E-state index contributed by atoms with van der Waals surface area (Å²) in [7, 11) is 4.75. The van der Waals surface area contributed by atoms with Gasteiger partial charge in [0.15, 0.2) is 11.5 Å². The Morgan fingerprint density at radius 2 is 1.90 bits per heavy atom. The van der Waals surface area contributed by atoms with Gasteiger partial charge in [-0.25, -0.2) is 0 Å². The molecule has 5 nitrogen and oxygen atoms in total. The van der Waals surface area contributed by atoms with Gasteiger partial charge in [-0.15, -0.1) is 11.3 Å². The minimum Gasteiger partial charge on any atom is -0.493 e. The van der Waals surface area contributed by atoms with Gasteiger partial charge in [-0.1, -0.05) is 0 Å². The van der Waals surface area contributed by atoms with Crippen LogP contribution in [-0.4, -0.2) is 27.2 Å². The monoisotopic (exact) mass is 292 g/mol. The van der Waals surface area contributed by atoms with E-state index in [2.05, 4.69) is 5.32 Å². The fraction of sp³-hybridized carbons (Fsp3) is 0.214. The topological polar surface area (TPSA) is 73.6 Å². The first-order chi connectivity index (χ1) is 9.60. The van der Waals surface area contributed by atoms with Crippen LogP contribution in [0.25, 0.3) is 10.4 Å². The second kappa shape index (κ2) is 5.83. The van der Waals surface area contributed by atoms with Crippen molar-refractivity contribution in [2.75, 3.05) is 27.0 Å². The summed E-state index contributed by atoms with van der Waals surface area (Å²) in [5.41, 5.74) is 7.27. The number of rotatable bonds is 4. The molecule has 0 bridgehead atoms. The standard InChI is InChI=1S/C14H16N2O3S/c1-16-14(17)13-9(15)7-12(20-13)8-4-5-10(18-2)11(6-8)19-3/h4-7H,15H2,1-3H3,(H,16,17). The van der Waals surface area contributed by atoms with Crippen molar-refractivity contribution in [3.05, 3.63) is 29.1 Å².